The van der Waals surface area contributed by atoms with Gasteiger partial charge in [-0.1, -0.05) is 0 Å². The van der Waals surface area contributed by atoms with E-state index in [0.29, 0.717) is 21.6 Å². The molecule has 0 bridgehead atoms. The van der Waals surface area contributed by atoms with E-state index in [-0.39, 0.29) is 23.0 Å². The summed E-state index contributed by atoms with van der Waals surface area (Å²) in [5, 5.41) is 8.95. The molecule has 3 aromatic rings. The third-order valence-electron chi connectivity index (χ3n) is 4.49. The van der Waals surface area contributed by atoms with Crippen LogP contribution in [0.1, 0.15) is 47.4 Å². The number of hydrogen-bond donors (Lipinski definition) is 2. The van der Waals surface area contributed by atoms with Crippen LogP contribution in [0, 0.1) is 0 Å². The lowest BCUT2D eigenvalue weighted by atomic mass is 10.2. The number of alkyl halides is 3. The van der Waals surface area contributed by atoms with Crippen molar-refractivity contribution in [3.63, 3.8) is 0 Å². The third kappa shape index (κ3) is 3.91. The Morgan fingerprint density at radius 1 is 1.10 bits per heavy atom. The van der Waals surface area contributed by atoms with Crippen LogP contribution in [0.2, 0.25) is 0 Å². The molecular formula is C19H16F3N5O2. The molecule has 0 spiro atoms. The molecule has 1 saturated carbocycles. The average molecular weight is 403 g/mol. The minimum absolute atomic E-state index is 0.0202. The van der Waals surface area contributed by atoms with E-state index in [9.17, 15) is 22.8 Å². The Bertz CT molecular complexity index is 1100. The van der Waals surface area contributed by atoms with Crippen molar-refractivity contribution in [3.05, 3.63) is 53.5 Å². The quantitative estimate of drug-likeness (QED) is 0.693. The van der Waals surface area contributed by atoms with Gasteiger partial charge in [0.2, 0.25) is 5.91 Å². The smallest absolute Gasteiger partial charge is 0.326 e. The molecule has 1 aliphatic carbocycles. The number of nitrogens with one attached hydrogen (secondary N) is 2. The van der Waals surface area contributed by atoms with Gasteiger partial charge in [-0.2, -0.15) is 18.3 Å². The molecule has 10 heteroatoms. The molecule has 2 amide bonds. The molecule has 7 nitrogen and oxygen atoms in total. The van der Waals surface area contributed by atoms with Gasteiger partial charge < -0.3 is 10.6 Å². The predicted molar refractivity (Wildman–Crippen MR) is 98.7 cm³/mol. The van der Waals surface area contributed by atoms with Crippen LogP contribution in [0.25, 0.3) is 5.65 Å². The first-order valence-corrected chi connectivity index (χ1v) is 8.87. The van der Waals surface area contributed by atoms with Gasteiger partial charge in [0.1, 0.15) is 11.3 Å². The molecule has 150 valence electrons. The molecule has 29 heavy (non-hydrogen) atoms. The zero-order valence-electron chi connectivity index (χ0n) is 15.2. The fourth-order valence-corrected chi connectivity index (χ4v) is 2.97. The van der Waals surface area contributed by atoms with Gasteiger partial charge in [0.15, 0.2) is 5.65 Å². The van der Waals surface area contributed by atoms with Gasteiger partial charge in [-0.25, -0.2) is 9.50 Å². The van der Waals surface area contributed by atoms with Crippen molar-refractivity contribution < 1.29 is 22.8 Å². The minimum Gasteiger partial charge on any atom is -0.326 e. The molecule has 1 aliphatic rings. The number of amides is 2. The van der Waals surface area contributed by atoms with Gasteiger partial charge in [0, 0.05) is 29.9 Å². The van der Waals surface area contributed by atoms with Crippen molar-refractivity contribution >= 4 is 28.8 Å². The minimum atomic E-state index is -4.62. The number of hydrogen-bond acceptors (Lipinski definition) is 4. The molecule has 0 saturated heterocycles. The highest BCUT2D eigenvalue weighted by Gasteiger charge is 2.37. The zero-order valence-corrected chi connectivity index (χ0v) is 15.2. The van der Waals surface area contributed by atoms with Gasteiger partial charge in [-0.3, -0.25) is 9.59 Å². The number of anilines is 2. The maximum absolute atomic E-state index is 13.4. The molecule has 2 N–H and O–H groups in total. The van der Waals surface area contributed by atoms with Crippen LogP contribution in [0.3, 0.4) is 0 Å². The van der Waals surface area contributed by atoms with E-state index in [2.05, 4.69) is 20.7 Å². The van der Waals surface area contributed by atoms with Crippen LogP contribution in [0.4, 0.5) is 24.5 Å². The summed E-state index contributed by atoms with van der Waals surface area (Å²) in [6.45, 7) is 1.37. The second-order valence-electron chi connectivity index (χ2n) is 6.84. The van der Waals surface area contributed by atoms with Crippen molar-refractivity contribution in [3.8, 4) is 0 Å². The van der Waals surface area contributed by atoms with Gasteiger partial charge in [0.25, 0.3) is 5.91 Å². The van der Waals surface area contributed by atoms with Crippen molar-refractivity contribution in [2.75, 3.05) is 10.6 Å². The Morgan fingerprint density at radius 3 is 2.28 bits per heavy atom. The van der Waals surface area contributed by atoms with Crippen LogP contribution in [-0.4, -0.2) is 26.4 Å². The third-order valence-corrected chi connectivity index (χ3v) is 4.49. The molecule has 4 rings (SSSR count). The van der Waals surface area contributed by atoms with E-state index < -0.39 is 17.8 Å². The van der Waals surface area contributed by atoms with Crippen molar-refractivity contribution in [1.82, 2.24) is 14.6 Å². The van der Waals surface area contributed by atoms with Gasteiger partial charge in [0.05, 0.1) is 6.20 Å². The summed E-state index contributed by atoms with van der Waals surface area (Å²) in [4.78, 5) is 28.0. The first-order chi connectivity index (χ1) is 13.7. The molecular weight excluding hydrogens is 387 g/mol. The molecule has 2 aromatic heterocycles. The SMILES string of the molecule is CC(=O)Nc1ccc(NC(=O)c2cnn3c(C(F)(F)F)cc(C4CC4)nc23)cc1. The monoisotopic (exact) mass is 403 g/mol. The van der Waals surface area contributed by atoms with E-state index in [4.69, 9.17) is 0 Å². The Hall–Kier alpha value is -3.43. The van der Waals surface area contributed by atoms with Crippen LogP contribution in [0.15, 0.2) is 36.5 Å². The number of fused-ring (bicyclic) bond motifs is 1. The lowest BCUT2D eigenvalue weighted by Gasteiger charge is -2.11. The van der Waals surface area contributed by atoms with Crippen LogP contribution < -0.4 is 10.6 Å². The summed E-state index contributed by atoms with van der Waals surface area (Å²) in [5.74, 6) is -0.875. The normalized spacial score (nSPS) is 14.1. The largest absolute Gasteiger partial charge is 0.433 e. The lowest BCUT2D eigenvalue weighted by Crippen LogP contribution is -2.16. The summed E-state index contributed by atoms with van der Waals surface area (Å²) in [7, 11) is 0. The number of benzene rings is 1. The summed E-state index contributed by atoms with van der Waals surface area (Å²) >= 11 is 0. The lowest BCUT2D eigenvalue weighted by molar-refractivity contribution is -0.142. The van der Waals surface area contributed by atoms with E-state index in [1.54, 1.807) is 24.3 Å². The molecule has 1 fully saturated rings. The van der Waals surface area contributed by atoms with Crippen LogP contribution >= 0.6 is 0 Å². The number of nitrogens with zero attached hydrogens (tertiary/aromatic N) is 3. The highest BCUT2D eigenvalue weighted by Crippen LogP contribution is 2.41. The molecule has 0 unspecified atom stereocenters. The molecule has 0 atom stereocenters. The highest BCUT2D eigenvalue weighted by molar-refractivity contribution is 6.08. The van der Waals surface area contributed by atoms with E-state index in [0.717, 1.165) is 25.1 Å². The number of aromatic nitrogens is 3. The Labute approximate surface area is 162 Å². The first kappa shape index (κ1) is 18.9. The number of halogens is 3. The Balaban J connectivity index is 1.66. The van der Waals surface area contributed by atoms with Crippen molar-refractivity contribution in [2.24, 2.45) is 0 Å². The summed E-state index contributed by atoms with van der Waals surface area (Å²) < 4.78 is 41.0. The molecule has 2 heterocycles. The standard InChI is InChI=1S/C19H16F3N5O2/c1-10(28)24-12-4-6-13(7-5-12)25-18(29)14-9-23-27-16(19(20,21)22)8-15(11-2-3-11)26-17(14)27/h4-9,11H,2-3H2,1H3,(H,24,28)(H,25,29). The van der Waals surface area contributed by atoms with Crippen molar-refractivity contribution in [2.45, 2.75) is 31.9 Å². The highest BCUT2D eigenvalue weighted by atomic mass is 19.4. The summed E-state index contributed by atoms with van der Waals surface area (Å²) in [6.07, 6.45) is -1.99. The molecule has 1 aromatic carbocycles. The van der Waals surface area contributed by atoms with Crippen molar-refractivity contribution in [1.29, 1.82) is 0 Å². The van der Waals surface area contributed by atoms with Gasteiger partial charge >= 0.3 is 6.18 Å². The Kier molecular flexibility index (Phi) is 4.48. The van der Waals surface area contributed by atoms with Crippen LogP contribution in [0.5, 0.6) is 0 Å². The van der Waals surface area contributed by atoms with E-state index in [1.165, 1.54) is 6.92 Å². The van der Waals surface area contributed by atoms with Crippen LogP contribution in [-0.2, 0) is 11.0 Å². The maximum atomic E-state index is 13.4. The maximum Gasteiger partial charge on any atom is 0.433 e. The topological polar surface area (TPSA) is 88.4 Å². The van der Waals surface area contributed by atoms with E-state index >= 15 is 0 Å². The Morgan fingerprint density at radius 2 is 1.72 bits per heavy atom. The zero-order chi connectivity index (χ0) is 20.8. The number of carbonyl (C=O) groups excluding carboxylic acids is 2. The fourth-order valence-electron chi connectivity index (χ4n) is 2.97. The predicted octanol–water partition coefficient (Wildman–Crippen LogP) is 3.84. The molecule has 0 radical (unpaired) electrons. The second-order valence-corrected chi connectivity index (χ2v) is 6.84. The van der Waals surface area contributed by atoms with E-state index in [1.807, 2.05) is 0 Å². The molecule has 0 aliphatic heterocycles. The average Bonchev–Trinajstić information content (AvgIpc) is 3.40. The van der Waals surface area contributed by atoms with Gasteiger partial charge in [-0.15, -0.1) is 0 Å². The summed E-state index contributed by atoms with van der Waals surface area (Å²) in [6, 6.07) is 7.33. The summed E-state index contributed by atoms with van der Waals surface area (Å²) in [5.41, 5.74) is 0.148. The van der Waals surface area contributed by atoms with Gasteiger partial charge in [-0.05, 0) is 43.2 Å². The number of rotatable bonds is 4. The second kappa shape index (κ2) is 6.87. The fraction of sp³-hybridized carbons (Fsp3) is 0.263. The first-order valence-electron chi connectivity index (χ1n) is 8.87. The number of carbonyl (C=O) groups is 2.